The van der Waals surface area contributed by atoms with Gasteiger partial charge in [-0.3, -0.25) is 14.5 Å². The number of carbonyl (C=O) groups excluding carboxylic acids is 4. The topological polar surface area (TPSA) is 178 Å². The van der Waals surface area contributed by atoms with Crippen molar-refractivity contribution in [3.63, 3.8) is 0 Å². The first-order chi connectivity index (χ1) is 32.1. The number of methoxy groups -OCH3 is 1. The number of hydrogen-bond acceptors (Lipinski definition) is 14. The summed E-state index contributed by atoms with van der Waals surface area (Å²) in [7, 11) is 1.56. The maximum Gasteiger partial charge on any atom is 0.355 e. The van der Waals surface area contributed by atoms with Gasteiger partial charge in [0.1, 0.15) is 46.3 Å². The molecule has 3 N–H and O–H groups in total. The summed E-state index contributed by atoms with van der Waals surface area (Å²) in [6, 6.07) is 35.8. The number of rotatable bonds is 18. The van der Waals surface area contributed by atoms with Crippen molar-refractivity contribution < 1.29 is 43.3 Å². The van der Waals surface area contributed by atoms with E-state index in [4.69, 9.17) is 24.0 Å². The van der Waals surface area contributed by atoms with Gasteiger partial charge in [-0.15, -0.1) is 23.1 Å². The minimum Gasteiger partial charge on any atom is -0.497 e. The fraction of sp³-hybridized carbons (Fsp3) is 0.294. The highest BCUT2D eigenvalue weighted by Crippen LogP contribution is 2.43. The summed E-state index contributed by atoms with van der Waals surface area (Å²) in [6.07, 6.45) is 3.57. The molecule has 4 aromatic carbocycles. The Bertz CT molecular complexity index is 2550. The number of thiazole rings is 1. The summed E-state index contributed by atoms with van der Waals surface area (Å²) >= 11 is 2.60. The first-order valence-electron chi connectivity index (χ1n) is 21.6. The van der Waals surface area contributed by atoms with E-state index in [1.807, 2.05) is 91.0 Å². The van der Waals surface area contributed by atoms with Gasteiger partial charge in [0.15, 0.2) is 10.8 Å². The van der Waals surface area contributed by atoms with Crippen LogP contribution in [0.15, 0.2) is 149 Å². The highest BCUT2D eigenvalue weighted by atomic mass is 32.2. The van der Waals surface area contributed by atoms with Crippen molar-refractivity contribution in [1.82, 2.24) is 15.2 Å². The predicted octanol–water partition coefficient (Wildman–Crippen LogP) is 7.73. The Morgan fingerprint density at radius 3 is 2.01 bits per heavy atom. The molecule has 0 spiro atoms. The number of thioether (sulfide) groups is 1. The van der Waals surface area contributed by atoms with Gasteiger partial charge in [-0.2, -0.15) is 0 Å². The molecule has 5 aromatic rings. The molecule has 7 rings (SSSR count). The standard InChI is InChI=1S/C51H53N5O9S2/c1-49(2,3)64-47(61)50(4,5)65-55-40(39-32-67-48(52-39)54-51(35-19-10-7-11-20-35,36-21-12-8-13-22-36)37-23-14-9-15-24-37)43(58)53-41-44(59)56-42(34(18-16-17-29-57)31-66-45(41)56)46(60)63-30-33-25-27-38(62-6)28-26-33/h7-17,19-28,32,41,45,57H,18,29-31H2,1-6H3,(H,52,54)(H,53,58)/b17-16+,55-40-/t41-,45-/m1/s1. The minimum atomic E-state index is -1.64. The highest BCUT2D eigenvalue weighted by Gasteiger charge is 2.55. The zero-order valence-electron chi connectivity index (χ0n) is 38.1. The van der Waals surface area contributed by atoms with Crippen LogP contribution in [0.25, 0.3) is 0 Å². The van der Waals surface area contributed by atoms with Gasteiger partial charge in [0.2, 0.25) is 5.60 Å². The van der Waals surface area contributed by atoms with Crippen molar-refractivity contribution in [3.8, 4) is 5.75 Å². The van der Waals surface area contributed by atoms with Crippen LogP contribution in [0.5, 0.6) is 5.75 Å². The molecular formula is C51H53N5O9S2. The quantitative estimate of drug-likeness (QED) is 0.0195. The number of ether oxygens (including phenoxy) is 3. The van der Waals surface area contributed by atoms with Crippen LogP contribution in [0, 0.1) is 0 Å². The second kappa shape index (κ2) is 20.8. The number of carbonyl (C=O) groups is 4. The molecule has 1 saturated heterocycles. The second-order valence-electron chi connectivity index (χ2n) is 17.1. The second-order valence-corrected chi connectivity index (χ2v) is 19.1. The third-order valence-electron chi connectivity index (χ3n) is 10.8. The molecule has 0 aliphatic carbocycles. The van der Waals surface area contributed by atoms with Crippen LogP contribution in [-0.4, -0.2) is 86.5 Å². The molecule has 2 amide bonds. The molecule has 3 heterocycles. The fourth-order valence-electron chi connectivity index (χ4n) is 7.46. The zero-order valence-corrected chi connectivity index (χ0v) is 39.7. The van der Waals surface area contributed by atoms with Gasteiger partial charge >= 0.3 is 11.9 Å². The van der Waals surface area contributed by atoms with E-state index in [0.717, 1.165) is 16.7 Å². The van der Waals surface area contributed by atoms with Crippen LogP contribution < -0.4 is 15.4 Å². The monoisotopic (exact) mass is 943 g/mol. The van der Waals surface area contributed by atoms with E-state index < -0.39 is 51.9 Å². The van der Waals surface area contributed by atoms with Crippen LogP contribution in [0.3, 0.4) is 0 Å². The first-order valence-corrected chi connectivity index (χ1v) is 23.5. The summed E-state index contributed by atoms with van der Waals surface area (Å²) in [5.41, 5.74) is 0.605. The Hall–Kier alpha value is -6.75. The highest BCUT2D eigenvalue weighted by molar-refractivity contribution is 8.00. The Morgan fingerprint density at radius 2 is 1.46 bits per heavy atom. The van der Waals surface area contributed by atoms with Gasteiger partial charge in [0.25, 0.3) is 11.8 Å². The molecule has 0 unspecified atom stereocenters. The van der Waals surface area contributed by atoms with E-state index in [-0.39, 0.29) is 36.7 Å². The Balaban J connectivity index is 1.20. The number of oxime groups is 1. The number of β-lactam (4-membered cyclic amide) rings is 1. The maximum absolute atomic E-state index is 14.6. The summed E-state index contributed by atoms with van der Waals surface area (Å²) < 4.78 is 16.6. The predicted molar refractivity (Wildman–Crippen MR) is 258 cm³/mol. The van der Waals surface area contributed by atoms with E-state index in [1.54, 1.807) is 69.7 Å². The largest absolute Gasteiger partial charge is 0.497 e. The normalized spacial score (nSPS) is 16.5. The molecular weight excluding hydrogens is 891 g/mol. The molecule has 348 valence electrons. The number of aromatic nitrogens is 1. The summed E-state index contributed by atoms with van der Waals surface area (Å²) in [4.78, 5) is 68.0. The van der Waals surface area contributed by atoms with Gasteiger partial charge < -0.3 is 34.8 Å². The fourth-order valence-corrected chi connectivity index (χ4v) is 9.57. The van der Waals surface area contributed by atoms with Crippen LogP contribution in [0.1, 0.15) is 69.0 Å². The number of aliphatic hydroxyl groups is 1. The minimum absolute atomic E-state index is 0.0563. The number of nitrogens with one attached hydrogen (secondary N) is 2. The average Bonchev–Trinajstić information content (AvgIpc) is 3.79. The molecule has 67 heavy (non-hydrogen) atoms. The zero-order chi connectivity index (χ0) is 47.8. The average molecular weight is 944 g/mol. The molecule has 2 atom stereocenters. The number of amides is 2. The molecule has 2 aliphatic heterocycles. The van der Waals surface area contributed by atoms with E-state index in [2.05, 4.69) is 15.8 Å². The summed E-state index contributed by atoms with van der Waals surface area (Å²) in [6.45, 7) is 7.89. The SMILES string of the molecule is COc1ccc(COC(=O)C2=C(C/C=C/CO)CS[C@@H]3[C@H](NC(=O)/C(=N\OC(C)(C)C(=O)OC(C)(C)C)c4csc(NC(c5ccccc5)(c5ccccc5)c5ccccc5)n4)C(=O)N23)cc1. The van der Waals surface area contributed by atoms with Gasteiger partial charge in [-0.05, 0) is 81.0 Å². The number of aliphatic hydroxyl groups excluding tert-OH is 1. The van der Waals surface area contributed by atoms with Gasteiger partial charge in [0, 0.05) is 11.1 Å². The number of fused-ring (bicyclic) bond motifs is 1. The van der Waals surface area contributed by atoms with E-state index in [9.17, 15) is 24.3 Å². The van der Waals surface area contributed by atoms with Crippen LogP contribution in [0.2, 0.25) is 0 Å². The molecule has 0 saturated carbocycles. The number of hydrogen-bond donors (Lipinski definition) is 3. The summed E-state index contributed by atoms with van der Waals surface area (Å²) in [5.74, 6) is -1.78. The van der Waals surface area contributed by atoms with Crippen molar-refractivity contribution in [2.24, 2.45) is 5.16 Å². The third-order valence-corrected chi connectivity index (χ3v) is 12.9. The molecule has 0 bridgehead atoms. The van der Waals surface area contributed by atoms with Crippen molar-refractivity contribution >= 4 is 57.7 Å². The van der Waals surface area contributed by atoms with Crippen molar-refractivity contribution in [2.45, 2.75) is 75.8 Å². The number of benzene rings is 4. The van der Waals surface area contributed by atoms with E-state index in [1.165, 1.54) is 41.8 Å². The van der Waals surface area contributed by atoms with E-state index >= 15 is 0 Å². The Labute approximate surface area is 398 Å². The molecule has 0 radical (unpaired) electrons. The number of allylic oxidation sites excluding steroid dienone is 1. The third kappa shape index (κ3) is 10.9. The van der Waals surface area contributed by atoms with Crippen LogP contribution in [0.4, 0.5) is 5.13 Å². The van der Waals surface area contributed by atoms with Gasteiger partial charge in [-0.25, -0.2) is 14.6 Å². The van der Waals surface area contributed by atoms with Crippen LogP contribution in [-0.2, 0) is 45.6 Å². The van der Waals surface area contributed by atoms with Crippen LogP contribution >= 0.6 is 23.1 Å². The Kier molecular flexibility index (Phi) is 15.0. The number of anilines is 1. The molecule has 14 nitrogen and oxygen atoms in total. The summed E-state index contributed by atoms with van der Waals surface area (Å²) in [5, 5.41) is 21.6. The molecule has 1 aromatic heterocycles. The smallest absolute Gasteiger partial charge is 0.355 e. The molecule has 2 aliphatic rings. The van der Waals surface area contributed by atoms with Gasteiger partial charge in [-0.1, -0.05) is 120 Å². The van der Waals surface area contributed by atoms with Crippen molar-refractivity contribution in [3.05, 3.63) is 172 Å². The Morgan fingerprint density at radius 1 is 0.866 bits per heavy atom. The first kappa shape index (κ1) is 48.2. The van der Waals surface area contributed by atoms with Crippen molar-refractivity contribution in [2.75, 3.05) is 24.8 Å². The van der Waals surface area contributed by atoms with Crippen molar-refractivity contribution in [1.29, 1.82) is 0 Å². The maximum atomic E-state index is 14.6. The lowest BCUT2D eigenvalue weighted by atomic mass is 9.77. The molecule has 1 fully saturated rings. The lowest BCUT2D eigenvalue weighted by Gasteiger charge is -2.49. The van der Waals surface area contributed by atoms with E-state index in [0.29, 0.717) is 27.8 Å². The number of esters is 2. The molecule has 16 heteroatoms. The lowest BCUT2D eigenvalue weighted by molar-refractivity contribution is -0.179. The number of nitrogens with zero attached hydrogens (tertiary/aromatic N) is 3. The lowest BCUT2D eigenvalue weighted by Crippen LogP contribution is -2.71. The van der Waals surface area contributed by atoms with Gasteiger partial charge in [0.05, 0.1) is 13.7 Å².